The van der Waals surface area contributed by atoms with Crippen molar-refractivity contribution < 1.29 is 4.74 Å². The molecule has 3 rings (SSSR count). The second kappa shape index (κ2) is 5.45. The number of nitrogens with two attached hydrogens (primary N) is 1. The summed E-state index contributed by atoms with van der Waals surface area (Å²) >= 11 is 0. The number of aryl methyl sites for hydroxylation is 3. The highest BCUT2D eigenvalue weighted by Gasteiger charge is 2.26. The standard InChI is InChI=1S/C17H21N3O/c1-4-15-11(3)9-19-17(20-15)14-6-10(2)5-12-7-13(8-18)21-16(12)14/h5-6,9,13H,4,7-8,18H2,1-3H3/t13-/m0/s1. The fraction of sp³-hybridized carbons (Fsp3) is 0.412. The van der Waals surface area contributed by atoms with E-state index in [4.69, 9.17) is 15.5 Å². The van der Waals surface area contributed by atoms with E-state index in [9.17, 15) is 0 Å². The summed E-state index contributed by atoms with van der Waals surface area (Å²) in [6, 6.07) is 4.27. The summed E-state index contributed by atoms with van der Waals surface area (Å²) in [7, 11) is 0. The molecule has 0 amide bonds. The molecule has 0 aliphatic carbocycles. The van der Waals surface area contributed by atoms with E-state index in [1.807, 2.05) is 13.1 Å². The van der Waals surface area contributed by atoms with Gasteiger partial charge < -0.3 is 10.5 Å². The molecular formula is C17H21N3O. The molecule has 0 unspecified atom stereocenters. The minimum Gasteiger partial charge on any atom is -0.488 e. The first-order valence-corrected chi connectivity index (χ1v) is 7.45. The van der Waals surface area contributed by atoms with E-state index in [0.29, 0.717) is 6.54 Å². The summed E-state index contributed by atoms with van der Waals surface area (Å²) in [4.78, 5) is 9.21. The summed E-state index contributed by atoms with van der Waals surface area (Å²) < 4.78 is 6.00. The van der Waals surface area contributed by atoms with Gasteiger partial charge in [-0.3, -0.25) is 0 Å². The van der Waals surface area contributed by atoms with Gasteiger partial charge in [-0.25, -0.2) is 9.97 Å². The molecule has 1 atom stereocenters. The summed E-state index contributed by atoms with van der Waals surface area (Å²) in [6.07, 6.45) is 3.73. The number of fused-ring (bicyclic) bond motifs is 1. The molecule has 21 heavy (non-hydrogen) atoms. The van der Waals surface area contributed by atoms with Gasteiger partial charge >= 0.3 is 0 Å². The average Bonchev–Trinajstić information content (AvgIpc) is 2.89. The van der Waals surface area contributed by atoms with Crippen molar-refractivity contribution in [2.24, 2.45) is 5.73 Å². The number of aromatic nitrogens is 2. The van der Waals surface area contributed by atoms with Crippen molar-refractivity contribution in [3.8, 4) is 17.1 Å². The van der Waals surface area contributed by atoms with Crippen molar-refractivity contribution in [2.45, 2.75) is 39.7 Å². The monoisotopic (exact) mass is 283 g/mol. The Hall–Kier alpha value is -1.94. The summed E-state index contributed by atoms with van der Waals surface area (Å²) in [5.41, 5.74) is 11.4. The van der Waals surface area contributed by atoms with Crippen molar-refractivity contribution in [1.82, 2.24) is 9.97 Å². The number of hydrogen-bond acceptors (Lipinski definition) is 4. The lowest BCUT2D eigenvalue weighted by molar-refractivity contribution is 0.242. The van der Waals surface area contributed by atoms with Gasteiger partial charge in [0.1, 0.15) is 11.9 Å². The topological polar surface area (TPSA) is 61.0 Å². The minimum absolute atomic E-state index is 0.0663. The van der Waals surface area contributed by atoms with Gasteiger partial charge in [-0.2, -0.15) is 0 Å². The third-order valence-corrected chi connectivity index (χ3v) is 3.96. The molecule has 1 aromatic heterocycles. The molecule has 0 spiro atoms. The van der Waals surface area contributed by atoms with Crippen LogP contribution in [0.3, 0.4) is 0 Å². The van der Waals surface area contributed by atoms with Gasteiger partial charge in [-0.05, 0) is 43.0 Å². The molecule has 1 aromatic carbocycles. The van der Waals surface area contributed by atoms with E-state index < -0.39 is 0 Å². The van der Waals surface area contributed by atoms with E-state index in [2.05, 4.69) is 31.0 Å². The van der Waals surface area contributed by atoms with Crippen LogP contribution in [0.5, 0.6) is 5.75 Å². The highest BCUT2D eigenvalue weighted by atomic mass is 16.5. The first kappa shape index (κ1) is 14.0. The number of nitrogens with zero attached hydrogens (tertiary/aromatic N) is 2. The SMILES string of the molecule is CCc1nc(-c2cc(C)cc3c2O[C@H](CN)C3)ncc1C. The van der Waals surface area contributed by atoms with Crippen LogP contribution in [-0.4, -0.2) is 22.6 Å². The molecule has 0 saturated carbocycles. The van der Waals surface area contributed by atoms with Gasteiger partial charge in [-0.15, -0.1) is 0 Å². The van der Waals surface area contributed by atoms with E-state index >= 15 is 0 Å². The molecule has 0 radical (unpaired) electrons. The largest absolute Gasteiger partial charge is 0.488 e. The van der Waals surface area contributed by atoms with Crippen LogP contribution in [0.4, 0.5) is 0 Å². The van der Waals surface area contributed by atoms with Gasteiger partial charge in [0.05, 0.1) is 5.56 Å². The Bertz CT molecular complexity index is 682. The van der Waals surface area contributed by atoms with Gasteiger partial charge in [0, 0.05) is 24.9 Å². The zero-order chi connectivity index (χ0) is 15.0. The zero-order valence-electron chi connectivity index (χ0n) is 12.8. The van der Waals surface area contributed by atoms with Crippen molar-refractivity contribution in [3.05, 3.63) is 40.7 Å². The van der Waals surface area contributed by atoms with Gasteiger partial charge in [-0.1, -0.05) is 13.0 Å². The van der Waals surface area contributed by atoms with Crippen molar-refractivity contribution in [2.75, 3.05) is 6.54 Å². The molecule has 1 aliphatic rings. The Morgan fingerprint density at radius 1 is 1.33 bits per heavy atom. The molecule has 1 aliphatic heterocycles. The summed E-state index contributed by atoms with van der Waals surface area (Å²) in [5, 5.41) is 0. The zero-order valence-corrected chi connectivity index (χ0v) is 12.8. The number of ether oxygens (including phenoxy) is 1. The van der Waals surface area contributed by atoms with Crippen LogP contribution < -0.4 is 10.5 Å². The summed E-state index contributed by atoms with van der Waals surface area (Å²) in [6.45, 7) is 6.78. The second-order valence-corrected chi connectivity index (χ2v) is 5.66. The fourth-order valence-corrected chi connectivity index (χ4v) is 2.86. The van der Waals surface area contributed by atoms with Crippen molar-refractivity contribution >= 4 is 0 Å². The molecule has 0 fully saturated rings. The van der Waals surface area contributed by atoms with E-state index in [1.165, 1.54) is 11.1 Å². The van der Waals surface area contributed by atoms with Gasteiger partial charge in [0.2, 0.25) is 0 Å². The van der Waals surface area contributed by atoms with Crippen LogP contribution in [0, 0.1) is 13.8 Å². The smallest absolute Gasteiger partial charge is 0.163 e. The summed E-state index contributed by atoms with van der Waals surface area (Å²) in [5.74, 6) is 1.65. The van der Waals surface area contributed by atoms with Crippen LogP contribution in [-0.2, 0) is 12.8 Å². The number of rotatable bonds is 3. The predicted molar refractivity (Wildman–Crippen MR) is 83.5 cm³/mol. The highest BCUT2D eigenvalue weighted by Crippen LogP contribution is 2.38. The van der Waals surface area contributed by atoms with Crippen molar-refractivity contribution in [1.29, 1.82) is 0 Å². The molecule has 0 saturated heterocycles. The Labute approximate surface area is 125 Å². The molecule has 4 nitrogen and oxygen atoms in total. The number of hydrogen-bond donors (Lipinski definition) is 1. The van der Waals surface area contributed by atoms with Crippen LogP contribution in [0.2, 0.25) is 0 Å². The van der Waals surface area contributed by atoms with Crippen molar-refractivity contribution in [3.63, 3.8) is 0 Å². The molecule has 0 bridgehead atoms. The Balaban J connectivity index is 2.12. The lowest BCUT2D eigenvalue weighted by Crippen LogP contribution is -2.24. The lowest BCUT2D eigenvalue weighted by atomic mass is 10.0. The van der Waals surface area contributed by atoms with Crippen LogP contribution in [0.1, 0.15) is 29.3 Å². The highest BCUT2D eigenvalue weighted by molar-refractivity contribution is 5.69. The lowest BCUT2D eigenvalue weighted by Gasteiger charge is -2.12. The van der Waals surface area contributed by atoms with Gasteiger partial charge in [0.15, 0.2) is 5.82 Å². The number of benzene rings is 1. The first-order valence-electron chi connectivity index (χ1n) is 7.45. The third-order valence-electron chi connectivity index (χ3n) is 3.96. The molecular weight excluding hydrogens is 262 g/mol. The quantitative estimate of drug-likeness (QED) is 0.940. The van der Waals surface area contributed by atoms with Crippen LogP contribution in [0.25, 0.3) is 11.4 Å². The van der Waals surface area contributed by atoms with E-state index in [-0.39, 0.29) is 6.10 Å². The normalized spacial score (nSPS) is 16.7. The molecule has 2 aromatic rings. The molecule has 2 N–H and O–H groups in total. The fourth-order valence-electron chi connectivity index (χ4n) is 2.86. The Kier molecular flexibility index (Phi) is 3.64. The predicted octanol–water partition coefficient (Wildman–Crippen LogP) is 2.59. The molecule has 110 valence electrons. The average molecular weight is 283 g/mol. The molecule has 4 heteroatoms. The van der Waals surface area contributed by atoms with Crippen LogP contribution in [0.15, 0.2) is 18.3 Å². The van der Waals surface area contributed by atoms with E-state index in [1.54, 1.807) is 0 Å². The first-order chi connectivity index (χ1) is 10.1. The third kappa shape index (κ3) is 2.51. The van der Waals surface area contributed by atoms with Crippen LogP contribution >= 0.6 is 0 Å². The molecule has 2 heterocycles. The second-order valence-electron chi connectivity index (χ2n) is 5.66. The Morgan fingerprint density at radius 2 is 2.14 bits per heavy atom. The maximum absolute atomic E-state index is 6.00. The van der Waals surface area contributed by atoms with Gasteiger partial charge in [0.25, 0.3) is 0 Å². The minimum atomic E-state index is 0.0663. The van der Waals surface area contributed by atoms with E-state index in [0.717, 1.165) is 41.2 Å². The Morgan fingerprint density at radius 3 is 2.86 bits per heavy atom. The maximum atomic E-state index is 6.00. The maximum Gasteiger partial charge on any atom is 0.163 e.